The molecular formula is C18H25N3O2. The van der Waals surface area contributed by atoms with E-state index in [9.17, 15) is 9.59 Å². The minimum absolute atomic E-state index is 0.0161. The van der Waals surface area contributed by atoms with E-state index in [2.05, 4.69) is 10.6 Å². The Morgan fingerprint density at radius 3 is 2.35 bits per heavy atom. The summed E-state index contributed by atoms with van der Waals surface area (Å²) in [5.41, 5.74) is 1.10. The summed E-state index contributed by atoms with van der Waals surface area (Å²) in [5.74, 6) is 0.449. The summed E-state index contributed by atoms with van der Waals surface area (Å²) in [4.78, 5) is 26.0. The van der Waals surface area contributed by atoms with E-state index >= 15 is 0 Å². The third kappa shape index (κ3) is 4.24. The summed E-state index contributed by atoms with van der Waals surface area (Å²) >= 11 is 0. The number of benzene rings is 1. The molecule has 0 aromatic heterocycles. The number of urea groups is 1. The summed E-state index contributed by atoms with van der Waals surface area (Å²) in [6, 6.07) is 10.1. The van der Waals surface area contributed by atoms with Crippen LogP contribution in [-0.4, -0.2) is 36.0 Å². The Bertz CT molecular complexity index is 534. The Morgan fingerprint density at radius 2 is 1.74 bits per heavy atom. The number of carbonyl (C=O) groups is 2. The summed E-state index contributed by atoms with van der Waals surface area (Å²) in [6.45, 7) is 1.96. The number of carbonyl (C=O) groups excluding carboxylic acids is 2. The number of nitrogens with zero attached hydrogens (tertiary/aromatic N) is 1. The van der Waals surface area contributed by atoms with Crippen LogP contribution in [0.15, 0.2) is 30.3 Å². The van der Waals surface area contributed by atoms with Crippen LogP contribution < -0.4 is 10.6 Å². The Labute approximate surface area is 137 Å². The number of hydrogen-bond acceptors (Lipinski definition) is 2. The van der Waals surface area contributed by atoms with Gasteiger partial charge in [-0.25, -0.2) is 4.79 Å². The first-order valence-corrected chi connectivity index (χ1v) is 8.59. The molecule has 1 aromatic rings. The van der Waals surface area contributed by atoms with Gasteiger partial charge in [0.15, 0.2) is 0 Å². The van der Waals surface area contributed by atoms with Crippen LogP contribution in [-0.2, 0) is 11.3 Å². The van der Waals surface area contributed by atoms with Crippen LogP contribution in [0.25, 0.3) is 0 Å². The van der Waals surface area contributed by atoms with E-state index in [0.717, 1.165) is 31.2 Å². The van der Waals surface area contributed by atoms with Crippen LogP contribution in [0.5, 0.6) is 0 Å². The Kier molecular flexibility index (Phi) is 5.16. The first-order chi connectivity index (χ1) is 11.2. The summed E-state index contributed by atoms with van der Waals surface area (Å²) in [6.07, 6.45) is 4.94. The van der Waals surface area contributed by atoms with E-state index in [0.29, 0.717) is 19.6 Å². The van der Waals surface area contributed by atoms with E-state index in [1.54, 1.807) is 0 Å². The van der Waals surface area contributed by atoms with Gasteiger partial charge in [0, 0.05) is 31.6 Å². The SMILES string of the molecule is O=C(NC1CCN(C(=O)NCc2ccccc2)CC1)C1CCC1. The number of likely N-dealkylation sites (tertiary alicyclic amines) is 1. The minimum atomic E-state index is -0.0161. The molecule has 1 saturated carbocycles. The molecule has 1 saturated heterocycles. The molecular weight excluding hydrogens is 290 g/mol. The molecule has 3 amide bonds. The second-order valence-corrected chi connectivity index (χ2v) is 6.54. The second-order valence-electron chi connectivity index (χ2n) is 6.54. The smallest absolute Gasteiger partial charge is 0.317 e. The molecule has 5 heteroatoms. The van der Waals surface area contributed by atoms with Crippen molar-refractivity contribution in [3.8, 4) is 0 Å². The predicted octanol–water partition coefficient (Wildman–Crippen LogP) is 2.28. The molecule has 124 valence electrons. The van der Waals surface area contributed by atoms with Gasteiger partial charge in [-0.3, -0.25) is 4.79 Å². The average molecular weight is 315 g/mol. The van der Waals surface area contributed by atoms with Crippen LogP contribution in [0.2, 0.25) is 0 Å². The predicted molar refractivity (Wildman–Crippen MR) is 88.8 cm³/mol. The minimum Gasteiger partial charge on any atom is -0.353 e. The van der Waals surface area contributed by atoms with Gasteiger partial charge in [0.25, 0.3) is 0 Å². The fraction of sp³-hybridized carbons (Fsp3) is 0.556. The van der Waals surface area contributed by atoms with E-state index < -0.39 is 0 Å². The van der Waals surface area contributed by atoms with Gasteiger partial charge in [-0.1, -0.05) is 36.8 Å². The summed E-state index contributed by atoms with van der Waals surface area (Å²) in [7, 11) is 0. The van der Waals surface area contributed by atoms with Crippen molar-refractivity contribution in [2.24, 2.45) is 5.92 Å². The first-order valence-electron chi connectivity index (χ1n) is 8.59. The van der Waals surface area contributed by atoms with Crippen molar-refractivity contribution in [2.75, 3.05) is 13.1 Å². The zero-order chi connectivity index (χ0) is 16.1. The van der Waals surface area contributed by atoms with Crippen molar-refractivity contribution < 1.29 is 9.59 Å². The van der Waals surface area contributed by atoms with Crippen molar-refractivity contribution >= 4 is 11.9 Å². The van der Waals surface area contributed by atoms with Gasteiger partial charge in [0.2, 0.25) is 5.91 Å². The molecule has 23 heavy (non-hydrogen) atoms. The topological polar surface area (TPSA) is 61.4 Å². The first kappa shape index (κ1) is 15.8. The monoisotopic (exact) mass is 315 g/mol. The Morgan fingerprint density at radius 1 is 1.04 bits per heavy atom. The lowest BCUT2D eigenvalue weighted by Gasteiger charge is -2.34. The van der Waals surface area contributed by atoms with E-state index in [1.807, 2.05) is 35.2 Å². The van der Waals surface area contributed by atoms with Crippen LogP contribution in [0.1, 0.15) is 37.7 Å². The zero-order valence-corrected chi connectivity index (χ0v) is 13.5. The van der Waals surface area contributed by atoms with Gasteiger partial charge in [-0.15, -0.1) is 0 Å². The van der Waals surface area contributed by atoms with Crippen LogP contribution >= 0.6 is 0 Å². The third-order valence-corrected chi connectivity index (χ3v) is 4.89. The number of hydrogen-bond donors (Lipinski definition) is 2. The van der Waals surface area contributed by atoms with Crippen molar-refractivity contribution in [2.45, 2.75) is 44.7 Å². The van der Waals surface area contributed by atoms with E-state index in [4.69, 9.17) is 0 Å². The van der Waals surface area contributed by atoms with Crippen molar-refractivity contribution in [1.82, 2.24) is 15.5 Å². The molecule has 0 spiro atoms. The summed E-state index contributed by atoms with van der Waals surface area (Å²) < 4.78 is 0. The molecule has 1 aromatic carbocycles. The quantitative estimate of drug-likeness (QED) is 0.895. The molecule has 2 fully saturated rings. The normalized spacial score (nSPS) is 19.0. The molecule has 1 heterocycles. The van der Waals surface area contributed by atoms with Crippen molar-refractivity contribution in [1.29, 1.82) is 0 Å². The molecule has 5 nitrogen and oxygen atoms in total. The maximum atomic E-state index is 12.2. The molecule has 0 atom stereocenters. The third-order valence-electron chi connectivity index (χ3n) is 4.89. The van der Waals surface area contributed by atoms with Gasteiger partial charge in [-0.2, -0.15) is 0 Å². The van der Waals surface area contributed by atoms with Crippen molar-refractivity contribution in [3.05, 3.63) is 35.9 Å². The van der Waals surface area contributed by atoms with Gasteiger partial charge >= 0.3 is 6.03 Å². The highest BCUT2D eigenvalue weighted by Gasteiger charge is 2.29. The van der Waals surface area contributed by atoms with E-state index in [1.165, 1.54) is 6.42 Å². The molecule has 0 radical (unpaired) electrons. The van der Waals surface area contributed by atoms with Crippen LogP contribution in [0, 0.1) is 5.92 Å². The molecule has 2 N–H and O–H groups in total. The van der Waals surface area contributed by atoms with Gasteiger partial charge in [0.05, 0.1) is 0 Å². The highest BCUT2D eigenvalue weighted by atomic mass is 16.2. The lowest BCUT2D eigenvalue weighted by molar-refractivity contribution is -0.128. The number of nitrogens with one attached hydrogen (secondary N) is 2. The fourth-order valence-electron chi connectivity index (χ4n) is 3.10. The average Bonchev–Trinajstić information content (AvgIpc) is 2.52. The summed E-state index contributed by atoms with van der Waals surface area (Å²) in [5, 5.41) is 6.10. The van der Waals surface area contributed by atoms with Gasteiger partial charge in [-0.05, 0) is 31.2 Å². The Hall–Kier alpha value is -2.04. The number of piperidine rings is 1. The largest absolute Gasteiger partial charge is 0.353 e. The second kappa shape index (κ2) is 7.49. The maximum absolute atomic E-state index is 12.2. The lowest BCUT2D eigenvalue weighted by atomic mass is 9.84. The van der Waals surface area contributed by atoms with Crippen LogP contribution in [0.3, 0.4) is 0 Å². The lowest BCUT2D eigenvalue weighted by Crippen LogP contribution is -2.50. The molecule has 0 unspecified atom stereocenters. The van der Waals surface area contributed by atoms with Crippen molar-refractivity contribution in [3.63, 3.8) is 0 Å². The molecule has 1 aliphatic carbocycles. The highest BCUT2D eigenvalue weighted by Crippen LogP contribution is 2.26. The molecule has 3 rings (SSSR count). The maximum Gasteiger partial charge on any atom is 0.317 e. The number of rotatable bonds is 4. The zero-order valence-electron chi connectivity index (χ0n) is 13.5. The van der Waals surface area contributed by atoms with Gasteiger partial charge in [0.1, 0.15) is 0 Å². The van der Waals surface area contributed by atoms with Crippen LogP contribution in [0.4, 0.5) is 4.79 Å². The fourth-order valence-corrected chi connectivity index (χ4v) is 3.10. The highest BCUT2D eigenvalue weighted by molar-refractivity contribution is 5.79. The Balaban J connectivity index is 1.38. The van der Waals surface area contributed by atoms with Gasteiger partial charge < -0.3 is 15.5 Å². The standard InChI is InChI=1S/C18H25N3O2/c22-17(15-7-4-8-15)20-16-9-11-21(12-10-16)18(23)19-13-14-5-2-1-3-6-14/h1-3,5-6,15-16H,4,7-13H2,(H,19,23)(H,20,22). The molecule has 1 aliphatic heterocycles. The molecule has 2 aliphatic rings. The molecule has 0 bridgehead atoms. The number of amides is 3. The van der Waals surface area contributed by atoms with E-state index in [-0.39, 0.29) is 23.9 Å².